The van der Waals surface area contributed by atoms with Gasteiger partial charge in [-0.25, -0.2) is 18.8 Å². The number of piperazine rings is 1. The van der Waals surface area contributed by atoms with Gasteiger partial charge in [0.2, 0.25) is 0 Å². The number of aryl methyl sites for hydroxylation is 1. The minimum atomic E-state index is -0.720. The summed E-state index contributed by atoms with van der Waals surface area (Å²) in [5, 5.41) is 6.64. The molecular formula is C28H31F2N7O. The number of aliphatic imine (C=N–C) groups is 1. The van der Waals surface area contributed by atoms with Gasteiger partial charge in [0.05, 0.1) is 23.0 Å². The summed E-state index contributed by atoms with van der Waals surface area (Å²) in [5.74, 6) is -0.512. The number of anilines is 1. The van der Waals surface area contributed by atoms with Crippen LogP contribution in [0.4, 0.5) is 14.6 Å². The Bertz CT molecular complexity index is 1460. The third-order valence-electron chi connectivity index (χ3n) is 7.66. The van der Waals surface area contributed by atoms with Gasteiger partial charge in [0.1, 0.15) is 11.6 Å². The minimum absolute atomic E-state index is 0.00416. The third kappa shape index (κ3) is 4.32. The topological polar surface area (TPSA) is 77.8 Å². The number of nitrogens with zero attached hydrogens (tertiary/aromatic N) is 5. The van der Waals surface area contributed by atoms with Gasteiger partial charge in [0.25, 0.3) is 5.91 Å². The van der Waals surface area contributed by atoms with Crippen LogP contribution in [0, 0.1) is 12.7 Å². The van der Waals surface area contributed by atoms with E-state index in [1.54, 1.807) is 24.4 Å². The molecule has 5 heterocycles. The van der Waals surface area contributed by atoms with Crippen LogP contribution in [0.5, 0.6) is 0 Å². The highest BCUT2D eigenvalue weighted by Gasteiger charge is 2.35. The molecule has 0 saturated carbocycles. The lowest BCUT2D eigenvalue weighted by Crippen LogP contribution is -2.49. The third-order valence-corrected chi connectivity index (χ3v) is 7.66. The smallest absolute Gasteiger partial charge is 0.255 e. The van der Waals surface area contributed by atoms with Crippen molar-refractivity contribution in [3.8, 4) is 0 Å². The molecule has 0 spiro atoms. The SMILES string of the molecule is Cc1cc2c(F)cc(C3=C(F)C=NC(Nc4ccc(C(=O)N5CCN6CCC5C6)cn4)N3)cc2n1C(C)C. The molecule has 2 aromatic heterocycles. The van der Waals surface area contributed by atoms with E-state index in [2.05, 4.69) is 25.5 Å². The van der Waals surface area contributed by atoms with Crippen LogP contribution < -0.4 is 10.6 Å². The molecule has 3 atom stereocenters. The van der Waals surface area contributed by atoms with Crippen LogP contribution in [-0.4, -0.2) is 70.0 Å². The highest BCUT2D eigenvalue weighted by Crippen LogP contribution is 2.31. The lowest BCUT2D eigenvalue weighted by atomic mass is 10.1. The summed E-state index contributed by atoms with van der Waals surface area (Å²) in [4.78, 5) is 26.0. The number of pyridine rings is 1. The van der Waals surface area contributed by atoms with Crippen molar-refractivity contribution in [2.75, 3.05) is 31.5 Å². The molecule has 2 fully saturated rings. The summed E-state index contributed by atoms with van der Waals surface area (Å²) in [6, 6.07) is 8.81. The summed E-state index contributed by atoms with van der Waals surface area (Å²) in [6.07, 6.45) is 2.97. The van der Waals surface area contributed by atoms with Crippen LogP contribution in [-0.2, 0) is 0 Å². The van der Waals surface area contributed by atoms with Crippen molar-refractivity contribution in [3.63, 3.8) is 0 Å². The van der Waals surface area contributed by atoms with E-state index in [0.29, 0.717) is 27.8 Å². The molecule has 3 unspecified atom stereocenters. The number of hydrogen-bond donors (Lipinski definition) is 2. The van der Waals surface area contributed by atoms with Gasteiger partial charge in [-0.1, -0.05) is 0 Å². The molecule has 6 rings (SSSR count). The fourth-order valence-electron chi connectivity index (χ4n) is 5.87. The summed E-state index contributed by atoms with van der Waals surface area (Å²) >= 11 is 0. The first-order valence-corrected chi connectivity index (χ1v) is 13.1. The molecule has 2 saturated heterocycles. The van der Waals surface area contributed by atoms with E-state index in [9.17, 15) is 9.18 Å². The molecule has 0 aliphatic carbocycles. The van der Waals surface area contributed by atoms with Crippen LogP contribution in [0.15, 0.2) is 47.3 Å². The second-order valence-corrected chi connectivity index (χ2v) is 10.5. The van der Waals surface area contributed by atoms with Gasteiger partial charge in [-0.05, 0) is 57.5 Å². The molecule has 1 amide bonds. The average molecular weight is 520 g/mol. The van der Waals surface area contributed by atoms with Crippen molar-refractivity contribution in [1.29, 1.82) is 0 Å². The molecule has 1 aromatic carbocycles. The summed E-state index contributed by atoms with van der Waals surface area (Å²) in [5.41, 5.74) is 2.73. The first kappa shape index (κ1) is 24.5. The van der Waals surface area contributed by atoms with Crippen LogP contribution in [0.1, 0.15) is 47.9 Å². The molecule has 38 heavy (non-hydrogen) atoms. The first-order valence-electron chi connectivity index (χ1n) is 13.1. The molecule has 8 nitrogen and oxygen atoms in total. The van der Waals surface area contributed by atoms with Crippen molar-refractivity contribution >= 4 is 34.5 Å². The lowest BCUT2D eigenvalue weighted by molar-refractivity contribution is 0.0609. The Kier molecular flexibility index (Phi) is 6.14. The van der Waals surface area contributed by atoms with Gasteiger partial charge < -0.3 is 20.1 Å². The number of halogens is 2. The van der Waals surface area contributed by atoms with Crippen LogP contribution in [0.3, 0.4) is 0 Å². The zero-order valence-electron chi connectivity index (χ0n) is 21.7. The predicted molar refractivity (Wildman–Crippen MR) is 144 cm³/mol. The van der Waals surface area contributed by atoms with Crippen molar-refractivity contribution in [2.24, 2.45) is 4.99 Å². The highest BCUT2D eigenvalue weighted by atomic mass is 19.1. The Morgan fingerprint density at radius 1 is 1.16 bits per heavy atom. The number of aromatic nitrogens is 2. The van der Waals surface area contributed by atoms with Crippen molar-refractivity contribution in [3.05, 3.63) is 65.0 Å². The number of nitrogens with one attached hydrogen (secondary N) is 2. The largest absolute Gasteiger partial charge is 0.344 e. The van der Waals surface area contributed by atoms with E-state index in [1.807, 2.05) is 36.3 Å². The Morgan fingerprint density at radius 2 is 2.00 bits per heavy atom. The Morgan fingerprint density at radius 3 is 2.76 bits per heavy atom. The van der Waals surface area contributed by atoms with Gasteiger partial charge in [-0.2, -0.15) is 0 Å². The summed E-state index contributed by atoms with van der Waals surface area (Å²) in [7, 11) is 0. The van der Waals surface area contributed by atoms with E-state index in [4.69, 9.17) is 0 Å². The summed E-state index contributed by atoms with van der Waals surface area (Å²) in [6.45, 7) is 9.63. The van der Waals surface area contributed by atoms with Crippen molar-refractivity contribution < 1.29 is 13.6 Å². The zero-order chi connectivity index (χ0) is 26.6. The number of fused-ring (bicyclic) bond motifs is 3. The maximum absolute atomic E-state index is 15.0. The van der Waals surface area contributed by atoms with Gasteiger partial charge in [-0.15, -0.1) is 0 Å². The number of carbonyl (C=O) groups is 1. The summed E-state index contributed by atoms with van der Waals surface area (Å²) < 4.78 is 31.9. The number of allylic oxidation sites excluding steroid dienone is 1. The van der Waals surface area contributed by atoms with E-state index < -0.39 is 17.9 Å². The normalized spacial score (nSPS) is 22.9. The maximum atomic E-state index is 15.0. The highest BCUT2D eigenvalue weighted by molar-refractivity contribution is 5.95. The molecule has 3 aliphatic heterocycles. The number of amides is 1. The molecule has 2 bridgehead atoms. The fraction of sp³-hybridized carbons (Fsp3) is 0.393. The van der Waals surface area contributed by atoms with Crippen molar-refractivity contribution in [2.45, 2.75) is 45.6 Å². The molecule has 10 heteroatoms. The van der Waals surface area contributed by atoms with Gasteiger partial charge in [-0.3, -0.25) is 9.69 Å². The molecule has 3 aliphatic rings. The second kappa shape index (κ2) is 9.50. The predicted octanol–water partition coefficient (Wildman–Crippen LogP) is 4.30. The number of hydrogen-bond acceptors (Lipinski definition) is 6. The van der Waals surface area contributed by atoms with Crippen LogP contribution in [0.25, 0.3) is 16.6 Å². The molecule has 3 aromatic rings. The Hall–Kier alpha value is -3.79. The molecule has 0 radical (unpaired) electrons. The minimum Gasteiger partial charge on any atom is -0.344 e. The maximum Gasteiger partial charge on any atom is 0.255 e. The zero-order valence-corrected chi connectivity index (χ0v) is 21.7. The van der Waals surface area contributed by atoms with Gasteiger partial charge >= 0.3 is 0 Å². The number of carbonyl (C=O) groups excluding carboxylic acids is 1. The van der Waals surface area contributed by atoms with Crippen LogP contribution in [0.2, 0.25) is 0 Å². The van der Waals surface area contributed by atoms with E-state index in [1.165, 1.54) is 6.07 Å². The van der Waals surface area contributed by atoms with Gasteiger partial charge in [0.15, 0.2) is 12.1 Å². The second-order valence-electron chi connectivity index (χ2n) is 10.5. The number of benzene rings is 1. The Balaban J connectivity index is 1.18. The van der Waals surface area contributed by atoms with Crippen molar-refractivity contribution in [1.82, 2.24) is 24.7 Å². The first-order chi connectivity index (χ1) is 18.3. The van der Waals surface area contributed by atoms with Crippen LogP contribution >= 0.6 is 0 Å². The van der Waals surface area contributed by atoms with E-state index in [0.717, 1.165) is 44.5 Å². The molecule has 198 valence electrons. The standard InChI is InChI=1S/C28H31F2N7O/c1-16(2)37-17(3)10-21-22(29)11-19(12-24(21)37)26-23(30)14-32-28(34-26)33-25-5-4-18(13-31-25)27(38)36-9-8-35-7-6-20(36)15-35/h4-5,10-14,16,20,28,34H,6-9,15H2,1-3H3,(H,31,33). The molecule has 2 N–H and O–H groups in total. The lowest BCUT2D eigenvalue weighted by Gasteiger charge is -2.34. The molecular weight excluding hydrogens is 488 g/mol. The average Bonchev–Trinajstić information content (AvgIpc) is 3.44. The Labute approximate surface area is 220 Å². The fourth-order valence-corrected chi connectivity index (χ4v) is 5.87. The quantitative estimate of drug-likeness (QED) is 0.526. The van der Waals surface area contributed by atoms with Gasteiger partial charge in [0, 0.05) is 61.1 Å². The monoisotopic (exact) mass is 519 g/mol. The number of rotatable bonds is 5. The van der Waals surface area contributed by atoms with E-state index in [-0.39, 0.29) is 23.7 Å². The van der Waals surface area contributed by atoms with E-state index >= 15 is 4.39 Å².